The number of carbonyl (C=O) groups is 2. The van der Waals surface area contributed by atoms with Gasteiger partial charge in [0, 0.05) is 56.5 Å². The van der Waals surface area contributed by atoms with Crippen molar-refractivity contribution in [2.75, 3.05) is 44.2 Å². The zero-order chi connectivity index (χ0) is 25.4. The van der Waals surface area contributed by atoms with Crippen molar-refractivity contribution in [3.63, 3.8) is 0 Å². The number of aryl methyl sites for hydroxylation is 1. The predicted octanol–water partition coefficient (Wildman–Crippen LogP) is 3.98. The number of ether oxygens (including phenoxy) is 1. The van der Waals surface area contributed by atoms with Crippen LogP contribution in [0.3, 0.4) is 0 Å². The molecule has 1 aromatic heterocycles. The summed E-state index contributed by atoms with van der Waals surface area (Å²) in [6, 6.07) is 21.3. The Hall–Kier alpha value is -4.24. The lowest BCUT2D eigenvalue weighted by molar-refractivity contribution is 0.0553. The lowest BCUT2D eigenvalue weighted by Crippen LogP contribution is -2.50. The maximum absolute atomic E-state index is 13.2. The molecule has 2 fully saturated rings. The summed E-state index contributed by atoms with van der Waals surface area (Å²) in [6.45, 7) is 5.63. The highest BCUT2D eigenvalue weighted by atomic mass is 16.6. The zero-order valence-electron chi connectivity index (χ0n) is 20.5. The van der Waals surface area contributed by atoms with Crippen molar-refractivity contribution in [2.24, 2.45) is 0 Å². The number of hydrogen-bond donors (Lipinski definition) is 0. The normalized spacial score (nSPS) is 18.4. The fraction of sp³-hybridized carbons (Fsp3) is 0.286. The predicted molar refractivity (Wildman–Crippen MR) is 138 cm³/mol. The third-order valence-electron chi connectivity index (χ3n) is 6.98. The summed E-state index contributed by atoms with van der Waals surface area (Å²) in [7, 11) is 0. The highest BCUT2D eigenvalue weighted by Gasteiger charge is 2.34. The number of aromatic nitrogens is 2. The minimum Gasteiger partial charge on any atom is -0.443 e. The van der Waals surface area contributed by atoms with E-state index in [2.05, 4.69) is 15.0 Å². The van der Waals surface area contributed by atoms with Crippen LogP contribution in [0.1, 0.15) is 16.2 Å². The minimum atomic E-state index is -0.349. The topological polar surface area (TPSA) is 92.0 Å². The molecule has 2 aliphatic heterocycles. The van der Waals surface area contributed by atoms with E-state index < -0.39 is 0 Å². The van der Waals surface area contributed by atoms with Gasteiger partial charge in [0.05, 0.1) is 6.54 Å². The largest absolute Gasteiger partial charge is 0.443 e. The van der Waals surface area contributed by atoms with Gasteiger partial charge in [0.25, 0.3) is 5.91 Å². The molecule has 0 radical (unpaired) electrons. The van der Waals surface area contributed by atoms with Gasteiger partial charge in [-0.15, -0.1) is 0 Å². The number of amides is 2. The quantitative estimate of drug-likeness (QED) is 0.412. The van der Waals surface area contributed by atoms with Crippen LogP contribution < -0.4 is 4.90 Å². The molecule has 37 heavy (non-hydrogen) atoms. The summed E-state index contributed by atoms with van der Waals surface area (Å²) < 4.78 is 10.7. The van der Waals surface area contributed by atoms with E-state index in [0.29, 0.717) is 37.9 Å². The average molecular weight is 498 g/mol. The van der Waals surface area contributed by atoms with Crippen molar-refractivity contribution in [3.05, 3.63) is 78.2 Å². The fourth-order valence-electron chi connectivity index (χ4n) is 5.04. The Kier molecular flexibility index (Phi) is 6.05. The monoisotopic (exact) mass is 497 g/mol. The molecule has 6 rings (SSSR count). The highest BCUT2D eigenvalue weighted by molar-refractivity contribution is 6.07. The Labute approximate surface area is 214 Å². The van der Waals surface area contributed by atoms with Gasteiger partial charge in [-0.2, -0.15) is 4.98 Å². The second-order valence-electron chi connectivity index (χ2n) is 9.42. The molecule has 2 amide bonds. The molecule has 0 aliphatic carbocycles. The number of carbonyl (C=O) groups excluding carboxylic acids is 2. The SMILES string of the molecule is Cc1nc(-c2ccc(N3CC(CN4CCN(C(=O)c5cccc6ccccc56)CC4)OC3=O)cc2)no1. The molecule has 188 valence electrons. The molecule has 2 saturated heterocycles. The van der Waals surface area contributed by atoms with E-state index >= 15 is 0 Å². The number of piperazine rings is 1. The van der Waals surface area contributed by atoms with Crippen LogP contribution in [0.2, 0.25) is 0 Å². The Balaban J connectivity index is 1.04. The van der Waals surface area contributed by atoms with Crippen molar-refractivity contribution in [3.8, 4) is 11.4 Å². The van der Waals surface area contributed by atoms with Crippen LogP contribution in [-0.4, -0.2) is 77.3 Å². The van der Waals surface area contributed by atoms with Crippen LogP contribution in [0.15, 0.2) is 71.3 Å². The molecular formula is C28H27N5O4. The second-order valence-corrected chi connectivity index (χ2v) is 9.42. The van der Waals surface area contributed by atoms with Crippen LogP contribution >= 0.6 is 0 Å². The number of nitrogens with zero attached hydrogens (tertiary/aromatic N) is 5. The van der Waals surface area contributed by atoms with Gasteiger partial charge < -0.3 is 14.2 Å². The van der Waals surface area contributed by atoms with Crippen molar-refractivity contribution in [1.29, 1.82) is 0 Å². The maximum atomic E-state index is 13.2. The standard InChI is InChI=1S/C28H27N5O4/c1-19-29-26(30-37-19)21-9-11-22(12-10-21)33-18-23(36-28(33)35)17-31-13-15-32(16-14-31)27(34)25-8-4-6-20-5-2-3-7-24(20)25/h2-12,23H,13-18H2,1H3. The van der Waals surface area contributed by atoms with Crippen LogP contribution in [0.25, 0.3) is 22.2 Å². The molecule has 0 N–H and O–H groups in total. The highest BCUT2D eigenvalue weighted by Crippen LogP contribution is 2.26. The molecule has 1 unspecified atom stereocenters. The van der Waals surface area contributed by atoms with E-state index in [9.17, 15) is 9.59 Å². The first-order valence-corrected chi connectivity index (χ1v) is 12.4. The lowest BCUT2D eigenvalue weighted by Gasteiger charge is -2.35. The van der Waals surface area contributed by atoms with Crippen LogP contribution in [0, 0.1) is 6.92 Å². The van der Waals surface area contributed by atoms with Gasteiger partial charge >= 0.3 is 6.09 Å². The summed E-state index contributed by atoms with van der Waals surface area (Å²) in [4.78, 5) is 35.9. The summed E-state index contributed by atoms with van der Waals surface area (Å²) in [5.41, 5.74) is 2.33. The average Bonchev–Trinajstić information content (AvgIpc) is 3.53. The number of hydrogen-bond acceptors (Lipinski definition) is 7. The van der Waals surface area contributed by atoms with Gasteiger partial charge in [-0.05, 0) is 41.1 Å². The van der Waals surface area contributed by atoms with Crippen LogP contribution in [0.5, 0.6) is 0 Å². The molecule has 0 saturated carbocycles. The van der Waals surface area contributed by atoms with Gasteiger partial charge in [0.15, 0.2) is 0 Å². The number of cyclic esters (lactones) is 1. The maximum Gasteiger partial charge on any atom is 0.414 e. The van der Waals surface area contributed by atoms with E-state index in [0.717, 1.165) is 40.7 Å². The first-order chi connectivity index (χ1) is 18.0. The third-order valence-corrected chi connectivity index (χ3v) is 6.98. The van der Waals surface area contributed by atoms with Crippen molar-refractivity contribution >= 4 is 28.5 Å². The molecular weight excluding hydrogens is 470 g/mol. The summed E-state index contributed by atoms with van der Waals surface area (Å²) in [5.74, 6) is 1.09. The summed E-state index contributed by atoms with van der Waals surface area (Å²) >= 11 is 0. The molecule has 9 heteroatoms. The van der Waals surface area contributed by atoms with Crippen LogP contribution in [0.4, 0.5) is 10.5 Å². The van der Waals surface area contributed by atoms with E-state index in [1.54, 1.807) is 11.8 Å². The van der Waals surface area contributed by atoms with Crippen molar-refractivity contribution in [1.82, 2.24) is 19.9 Å². The zero-order valence-corrected chi connectivity index (χ0v) is 20.5. The number of anilines is 1. The van der Waals surface area contributed by atoms with Gasteiger partial charge in [0.1, 0.15) is 6.10 Å². The van der Waals surface area contributed by atoms with Crippen molar-refractivity contribution in [2.45, 2.75) is 13.0 Å². The van der Waals surface area contributed by atoms with Gasteiger partial charge in [0.2, 0.25) is 11.7 Å². The smallest absolute Gasteiger partial charge is 0.414 e. The second kappa shape index (κ2) is 9.67. The minimum absolute atomic E-state index is 0.0642. The van der Waals surface area contributed by atoms with Crippen molar-refractivity contribution < 1.29 is 18.8 Å². The van der Waals surface area contributed by atoms with E-state index in [1.807, 2.05) is 71.6 Å². The Morgan fingerprint density at radius 2 is 1.73 bits per heavy atom. The molecule has 2 aliphatic rings. The first kappa shape index (κ1) is 23.2. The van der Waals surface area contributed by atoms with Gasteiger partial charge in [-0.25, -0.2) is 4.79 Å². The Morgan fingerprint density at radius 3 is 2.49 bits per heavy atom. The Morgan fingerprint density at radius 1 is 0.973 bits per heavy atom. The first-order valence-electron chi connectivity index (χ1n) is 12.4. The van der Waals surface area contributed by atoms with E-state index in [4.69, 9.17) is 9.26 Å². The fourth-order valence-corrected chi connectivity index (χ4v) is 5.04. The van der Waals surface area contributed by atoms with E-state index in [1.165, 1.54) is 0 Å². The molecule has 4 aromatic rings. The van der Waals surface area contributed by atoms with Gasteiger partial charge in [-0.1, -0.05) is 41.6 Å². The molecule has 0 spiro atoms. The molecule has 1 atom stereocenters. The number of fused-ring (bicyclic) bond motifs is 1. The lowest BCUT2D eigenvalue weighted by atomic mass is 10.0. The third kappa shape index (κ3) is 4.65. The Bertz CT molecular complexity index is 1440. The molecule has 9 nitrogen and oxygen atoms in total. The summed E-state index contributed by atoms with van der Waals surface area (Å²) in [6.07, 6.45) is -0.578. The molecule has 3 heterocycles. The molecule has 3 aromatic carbocycles. The van der Waals surface area contributed by atoms with Gasteiger partial charge in [-0.3, -0.25) is 14.6 Å². The summed E-state index contributed by atoms with van der Waals surface area (Å²) in [5, 5.41) is 5.98. The molecule has 0 bridgehead atoms. The van der Waals surface area contributed by atoms with Crippen LogP contribution in [-0.2, 0) is 4.74 Å². The van der Waals surface area contributed by atoms with E-state index in [-0.39, 0.29) is 18.1 Å². The number of benzene rings is 3. The number of rotatable bonds is 5.